The maximum atomic E-state index is 13.1. The third kappa shape index (κ3) is 3.21. The summed E-state index contributed by atoms with van der Waals surface area (Å²) in [6, 6.07) is 11.7. The number of amides is 1. The third-order valence-corrected chi connectivity index (χ3v) is 6.04. The van der Waals surface area contributed by atoms with E-state index in [4.69, 9.17) is 37.1 Å². The van der Waals surface area contributed by atoms with Crippen molar-refractivity contribution in [3.05, 3.63) is 81.2 Å². The third-order valence-electron chi connectivity index (χ3n) is 5.30. The van der Waals surface area contributed by atoms with Crippen LogP contribution in [0.4, 0.5) is 5.69 Å². The molecule has 1 N–H and O–H groups in total. The van der Waals surface area contributed by atoms with E-state index in [0.29, 0.717) is 33.7 Å². The standard InChI is InChI=1S/C23H15Cl2NO6/c1-11-2-6-17(32-11)20-19(21(27)12-3-5-14(24)15(25)8-12)22(28)23(29)26(20)13-4-7-16-18(9-13)31-10-30-16/h2-9,20,27H,10H2,1H3/b21-19-. The zero-order valence-electron chi connectivity index (χ0n) is 16.6. The number of ether oxygens (including phenoxy) is 2. The van der Waals surface area contributed by atoms with Crippen molar-refractivity contribution < 1.29 is 28.6 Å². The first kappa shape index (κ1) is 20.5. The number of benzene rings is 2. The highest BCUT2D eigenvalue weighted by Gasteiger charge is 2.48. The van der Waals surface area contributed by atoms with Crippen molar-refractivity contribution in [2.45, 2.75) is 13.0 Å². The SMILES string of the molecule is Cc1ccc(C2/C(=C(/O)c3ccc(Cl)c(Cl)c3)C(=O)C(=O)N2c2ccc3c(c2)OCO3)o1. The highest BCUT2D eigenvalue weighted by atomic mass is 35.5. The first-order valence-corrected chi connectivity index (χ1v) is 10.3. The molecule has 0 radical (unpaired) electrons. The second-order valence-electron chi connectivity index (χ2n) is 7.28. The lowest BCUT2D eigenvalue weighted by Gasteiger charge is -2.23. The van der Waals surface area contributed by atoms with Crippen LogP contribution in [0.5, 0.6) is 11.5 Å². The van der Waals surface area contributed by atoms with Gasteiger partial charge in [0, 0.05) is 17.3 Å². The van der Waals surface area contributed by atoms with Crippen LogP contribution in [0.1, 0.15) is 23.1 Å². The minimum Gasteiger partial charge on any atom is -0.507 e. The van der Waals surface area contributed by atoms with Crippen molar-refractivity contribution in [1.82, 2.24) is 0 Å². The molecule has 2 aliphatic rings. The van der Waals surface area contributed by atoms with Crippen LogP contribution in [-0.2, 0) is 9.59 Å². The molecule has 2 aliphatic heterocycles. The molecule has 0 spiro atoms. The first-order valence-electron chi connectivity index (χ1n) is 9.57. The summed E-state index contributed by atoms with van der Waals surface area (Å²) >= 11 is 12.1. The van der Waals surface area contributed by atoms with Gasteiger partial charge in [0.2, 0.25) is 6.79 Å². The lowest BCUT2D eigenvalue weighted by Crippen LogP contribution is -2.29. The fourth-order valence-corrected chi connectivity index (χ4v) is 4.10. The molecular formula is C23H15Cl2NO6. The maximum Gasteiger partial charge on any atom is 0.300 e. The number of nitrogens with zero attached hydrogens (tertiary/aromatic N) is 1. The number of hydrogen-bond donors (Lipinski definition) is 1. The van der Waals surface area contributed by atoms with Gasteiger partial charge in [-0.15, -0.1) is 0 Å². The van der Waals surface area contributed by atoms with E-state index in [1.165, 1.54) is 23.1 Å². The summed E-state index contributed by atoms with van der Waals surface area (Å²) in [6.07, 6.45) is 0. The monoisotopic (exact) mass is 471 g/mol. The van der Waals surface area contributed by atoms with Crippen LogP contribution in [0.3, 0.4) is 0 Å². The topological polar surface area (TPSA) is 89.2 Å². The minimum absolute atomic E-state index is 0.0652. The van der Waals surface area contributed by atoms with Crippen LogP contribution in [0, 0.1) is 6.92 Å². The Kier molecular flexibility index (Phi) is 4.87. The number of Topliss-reactive ketones (excluding diaryl/α,β-unsaturated/α-hetero) is 1. The molecule has 162 valence electrons. The van der Waals surface area contributed by atoms with Crippen LogP contribution >= 0.6 is 23.2 Å². The average Bonchev–Trinajstić information content (AvgIpc) is 3.48. The molecule has 2 aromatic carbocycles. The van der Waals surface area contributed by atoms with Gasteiger partial charge >= 0.3 is 0 Å². The van der Waals surface area contributed by atoms with Gasteiger partial charge in [0.15, 0.2) is 11.5 Å². The van der Waals surface area contributed by atoms with Gasteiger partial charge in [-0.05, 0) is 49.4 Å². The van der Waals surface area contributed by atoms with E-state index in [1.807, 2.05) is 0 Å². The van der Waals surface area contributed by atoms with Gasteiger partial charge < -0.3 is 19.0 Å². The van der Waals surface area contributed by atoms with Crippen molar-refractivity contribution >= 4 is 46.3 Å². The number of aliphatic hydroxyl groups excluding tert-OH is 1. The molecule has 1 fully saturated rings. The number of furan rings is 1. The van der Waals surface area contributed by atoms with Crippen LogP contribution in [0.25, 0.3) is 5.76 Å². The Balaban J connectivity index is 1.70. The normalized spacial score (nSPS) is 19.1. The number of hydrogen-bond acceptors (Lipinski definition) is 6. The summed E-state index contributed by atoms with van der Waals surface area (Å²) in [5.41, 5.74) is 0.514. The first-order chi connectivity index (χ1) is 15.3. The number of ketones is 1. The lowest BCUT2D eigenvalue weighted by atomic mass is 9.99. The van der Waals surface area contributed by atoms with Crippen molar-refractivity contribution in [3.63, 3.8) is 0 Å². The van der Waals surface area contributed by atoms with Gasteiger partial charge in [0.1, 0.15) is 23.3 Å². The van der Waals surface area contributed by atoms with Gasteiger partial charge in [-0.2, -0.15) is 0 Å². The summed E-state index contributed by atoms with van der Waals surface area (Å²) < 4.78 is 16.5. The van der Waals surface area contributed by atoms with Crippen molar-refractivity contribution in [2.24, 2.45) is 0 Å². The second-order valence-corrected chi connectivity index (χ2v) is 8.10. The largest absolute Gasteiger partial charge is 0.507 e. The number of rotatable bonds is 3. The molecule has 0 aliphatic carbocycles. The summed E-state index contributed by atoms with van der Waals surface area (Å²) in [4.78, 5) is 27.5. The van der Waals surface area contributed by atoms with Gasteiger partial charge in [0.25, 0.3) is 11.7 Å². The fraction of sp³-hybridized carbons (Fsp3) is 0.130. The molecule has 0 saturated carbocycles. The number of halogens is 2. The van der Waals surface area contributed by atoms with Gasteiger partial charge in [0.05, 0.1) is 15.6 Å². The molecule has 0 bridgehead atoms. The zero-order valence-corrected chi connectivity index (χ0v) is 18.1. The van der Waals surface area contributed by atoms with E-state index in [1.54, 1.807) is 37.3 Å². The quantitative estimate of drug-likeness (QED) is 0.318. The zero-order chi connectivity index (χ0) is 22.6. The van der Waals surface area contributed by atoms with Crippen molar-refractivity contribution in [3.8, 4) is 11.5 Å². The predicted molar refractivity (Wildman–Crippen MR) is 117 cm³/mol. The smallest absolute Gasteiger partial charge is 0.300 e. The molecule has 1 unspecified atom stereocenters. The molecular weight excluding hydrogens is 457 g/mol. The molecule has 9 heteroatoms. The molecule has 32 heavy (non-hydrogen) atoms. The summed E-state index contributed by atoms with van der Waals surface area (Å²) in [5.74, 6) is -0.166. The molecule has 1 saturated heterocycles. The van der Waals surface area contributed by atoms with Gasteiger partial charge in [-0.1, -0.05) is 23.2 Å². The number of carbonyl (C=O) groups excluding carboxylic acids is 2. The summed E-state index contributed by atoms with van der Waals surface area (Å²) in [7, 11) is 0. The van der Waals surface area contributed by atoms with Crippen LogP contribution in [0.15, 0.2) is 58.5 Å². The highest BCUT2D eigenvalue weighted by molar-refractivity contribution is 6.51. The molecule has 1 aromatic heterocycles. The van der Waals surface area contributed by atoms with E-state index >= 15 is 0 Å². The number of fused-ring (bicyclic) bond motifs is 1. The molecule has 1 amide bonds. The van der Waals surface area contributed by atoms with Crippen molar-refractivity contribution in [1.29, 1.82) is 0 Å². The molecule has 7 nitrogen and oxygen atoms in total. The highest BCUT2D eigenvalue weighted by Crippen LogP contribution is 2.45. The van der Waals surface area contributed by atoms with Crippen LogP contribution in [-0.4, -0.2) is 23.6 Å². The molecule has 3 heterocycles. The molecule has 1 atom stereocenters. The van der Waals surface area contributed by atoms with E-state index in [2.05, 4.69) is 0 Å². The average molecular weight is 472 g/mol. The predicted octanol–water partition coefficient (Wildman–Crippen LogP) is 5.25. The number of carbonyl (C=O) groups is 2. The Morgan fingerprint density at radius 1 is 1.00 bits per heavy atom. The molecule has 5 rings (SSSR count). The maximum absolute atomic E-state index is 13.1. The van der Waals surface area contributed by atoms with E-state index < -0.39 is 17.7 Å². The Morgan fingerprint density at radius 2 is 1.78 bits per heavy atom. The fourth-order valence-electron chi connectivity index (χ4n) is 3.80. The van der Waals surface area contributed by atoms with Crippen LogP contribution < -0.4 is 14.4 Å². The number of anilines is 1. The van der Waals surface area contributed by atoms with Crippen molar-refractivity contribution in [2.75, 3.05) is 11.7 Å². The Morgan fingerprint density at radius 3 is 2.50 bits per heavy atom. The Labute approximate surface area is 192 Å². The summed E-state index contributed by atoms with van der Waals surface area (Å²) in [5, 5.41) is 11.6. The minimum atomic E-state index is -1.00. The number of aryl methyl sites for hydroxylation is 1. The van der Waals surface area contributed by atoms with E-state index in [-0.39, 0.29) is 28.7 Å². The summed E-state index contributed by atoms with van der Waals surface area (Å²) in [6.45, 7) is 1.81. The van der Waals surface area contributed by atoms with E-state index in [0.717, 1.165) is 0 Å². The second kappa shape index (κ2) is 7.62. The van der Waals surface area contributed by atoms with Crippen LogP contribution in [0.2, 0.25) is 10.0 Å². The Bertz CT molecular complexity index is 1310. The Hall–Kier alpha value is -3.42. The van der Waals surface area contributed by atoms with E-state index in [9.17, 15) is 14.7 Å². The van der Waals surface area contributed by atoms with Gasteiger partial charge in [-0.25, -0.2) is 0 Å². The molecule has 3 aromatic rings. The number of aliphatic hydroxyl groups is 1. The van der Waals surface area contributed by atoms with Gasteiger partial charge in [-0.3, -0.25) is 14.5 Å². The lowest BCUT2D eigenvalue weighted by molar-refractivity contribution is -0.132.